The van der Waals surface area contributed by atoms with Crippen molar-refractivity contribution in [2.75, 3.05) is 11.6 Å². The molecule has 0 spiro atoms. The van der Waals surface area contributed by atoms with Gasteiger partial charge in [0.2, 0.25) is 0 Å². The van der Waals surface area contributed by atoms with Gasteiger partial charge in [0, 0.05) is 4.90 Å². The lowest BCUT2D eigenvalue weighted by Crippen LogP contribution is -2.14. The molecular formula is C12H9Br2N3OS. The Morgan fingerprint density at radius 3 is 2.74 bits per heavy atom. The van der Waals surface area contributed by atoms with Crippen molar-refractivity contribution >= 4 is 55.3 Å². The Labute approximate surface area is 131 Å². The highest BCUT2D eigenvalue weighted by atomic mass is 79.9. The Bertz CT molecular complexity index is 622. The Kier molecular flexibility index (Phi) is 4.95. The second kappa shape index (κ2) is 6.49. The standard InChI is InChI=1S/C12H9Br2N3OS/c1-19-8-5-3-2-4-7(8)12(18)17-11-10(14)16-9(13)6-15-11/h2-6H,1H3,(H,15,17,18). The number of carbonyl (C=O) groups excluding carboxylic acids is 1. The second-order valence-corrected chi connectivity index (χ2v) is 5.90. The molecule has 0 radical (unpaired) electrons. The minimum absolute atomic E-state index is 0.206. The first-order valence-electron chi connectivity index (χ1n) is 5.24. The third-order valence-corrected chi connectivity index (χ3v) is 4.01. The number of nitrogens with zero attached hydrogens (tertiary/aromatic N) is 2. The van der Waals surface area contributed by atoms with Crippen LogP contribution in [0.3, 0.4) is 0 Å². The first-order chi connectivity index (χ1) is 9.11. The van der Waals surface area contributed by atoms with Gasteiger partial charge < -0.3 is 5.32 Å². The molecule has 1 amide bonds. The van der Waals surface area contributed by atoms with Gasteiger partial charge >= 0.3 is 0 Å². The average Bonchev–Trinajstić information content (AvgIpc) is 2.41. The molecule has 0 aliphatic rings. The lowest BCUT2D eigenvalue weighted by atomic mass is 10.2. The van der Waals surface area contributed by atoms with Crippen LogP contribution in [-0.2, 0) is 0 Å². The number of benzene rings is 1. The number of thioether (sulfide) groups is 1. The fourth-order valence-electron chi connectivity index (χ4n) is 1.44. The molecule has 0 aliphatic carbocycles. The molecular weight excluding hydrogens is 394 g/mol. The molecule has 2 aromatic rings. The van der Waals surface area contributed by atoms with Crippen LogP contribution in [0.1, 0.15) is 10.4 Å². The van der Waals surface area contributed by atoms with Gasteiger partial charge in [0.25, 0.3) is 5.91 Å². The van der Waals surface area contributed by atoms with Crippen LogP contribution >= 0.6 is 43.6 Å². The summed E-state index contributed by atoms with van der Waals surface area (Å²) in [5, 5.41) is 2.73. The van der Waals surface area contributed by atoms with E-state index in [1.54, 1.807) is 6.07 Å². The summed E-state index contributed by atoms with van der Waals surface area (Å²) in [5.41, 5.74) is 0.617. The lowest BCUT2D eigenvalue weighted by Gasteiger charge is -2.08. The third kappa shape index (κ3) is 3.55. The van der Waals surface area contributed by atoms with Crippen molar-refractivity contribution in [3.63, 3.8) is 0 Å². The van der Waals surface area contributed by atoms with E-state index in [4.69, 9.17) is 0 Å². The minimum Gasteiger partial charge on any atom is -0.304 e. The number of rotatable bonds is 3. The summed E-state index contributed by atoms with van der Waals surface area (Å²) >= 11 is 8.00. The maximum absolute atomic E-state index is 12.2. The van der Waals surface area contributed by atoms with Crippen molar-refractivity contribution in [1.29, 1.82) is 0 Å². The maximum Gasteiger partial charge on any atom is 0.258 e. The van der Waals surface area contributed by atoms with Crippen molar-refractivity contribution in [2.45, 2.75) is 4.90 Å². The molecule has 19 heavy (non-hydrogen) atoms. The van der Waals surface area contributed by atoms with Crippen molar-refractivity contribution in [1.82, 2.24) is 9.97 Å². The molecule has 0 fully saturated rings. The highest BCUT2D eigenvalue weighted by molar-refractivity contribution is 9.11. The van der Waals surface area contributed by atoms with Crippen LogP contribution in [0.25, 0.3) is 0 Å². The minimum atomic E-state index is -0.206. The second-order valence-electron chi connectivity index (χ2n) is 3.49. The van der Waals surface area contributed by atoms with E-state index in [9.17, 15) is 4.79 Å². The first-order valence-corrected chi connectivity index (χ1v) is 8.05. The van der Waals surface area contributed by atoms with Gasteiger partial charge in [0.1, 0.15) is 9.21 Å². The highest BCUT2D eigenvalue weighted by Gasteiger charge is 2.13. The number of amides is 1. The predicted molar refractivity (Wildman–Crippen MR) is 83.6 cm³/mol. The van der Waals surface area contributed by atoms with Gasteiger partial charge in [-0.3, -0.25) is 4.79 Å². The zero-order valence-corrected chi connectivity index (χ0v) is 13.8. The summed E-state index contributed by atoms with van der Waals surface area (Å²) in [4.78, 5) is 21.3. The SMILES string of the molecule is CSc1ccccc1C(=O)Nc1ncc(Br)nc1Br. The van der Waals surface area contributed by atoms with E-state index in [0.29, 0.717) is 20.6 Å². The summed E-state index contributed by atoms with van der Waals surface area (Å²) in [6.45, 7) is 0. The number of nitrogens with one attached hydrogen (secondary N) is 1. The van der Waals surface area contributed by atoms with E-state index < -0.39 is 0 Å². The summed E-state index contributed by atoms with van der Waals surface area (Å²) in [7, 11) is 0. The molecule has 2 rings (SSSR count). The van der Waals surface area contributed by atoms with Gasteiger partial charge in [-0.05, 0) is 50.2 Å². The van der Waals surface area contributed by atoms with Crippen molar-refractivity contribution < 1.29 is 4.79 Å². The third-order valence-electron chi connectivity index (χ3n) is 2.28. The molecule has 1 N–H and O–H groups in total. The van der Waals surface area contributed by atoms with Crippen LogP contribution in [0.5, 0.6) is 0 Å². The smallest absolute Gasteiger partial charge is 0.258 e. The van der Waals surface area contributed by atoms with Gasteiger partial charge in [-0.1, -0.05) is 12.1 Å². The molecule has 0 saturated carbocycles. The molecule has 0 atom stereocenters. The number of hydrogen-bond acceptors (Lipinski definition) is 4. The first kappa shape index (κ1) is 14.5. The molecule has 7 heteroatoms. The largest absolute Gasteiger partial charge is 0.304 e. The molecule has 0 unspecified atom stereocenters. The zero-order chi connectivity index (χ0) is 13.8. The van der Waals surface area contributed by atoms with Crippen LogP contribution < -0.4 is 5.32 Å². The van der Waals surface area contributed by atoms with Crippen LogP contribution in [-0.4, -0.2) is 22.1 Å². The fraction of sp³-hybridized carbons (Fsp3) is 0.0833. The van der Waals surface area contributed by atoms with Gasteiger partial charge in [0.15, 0.2) is 5.82 Å². The highest BCUT2D eigenvalue weighted by Crippen LogP contribution is 2.23. The number of carbonyl (C=O) groups is 1. The predicted octanol–water partition coefficient (Wildman–Crippen LogP) is 3.98. The van der Waals surface area contributed by atoms with Gasteiger partial charge in [-0.25, -0.2) is 9.97 Å². The van der Waals surface area contributed by atoms with E-state index in [2.05, 4.69) is 47.1 Å². The van der Waals surface area contributed by atoms with Gasteiger partial charge in [-0.2, -0.15) is 0 Å². The topological polar surface area (TPSA) is 54.9 Å². The molecule has 0 bridgehead atoms. The molecule has 1 aromatic carbocycles. The zero-order valence-electron chi connectivity index (χ0n) is 9.85. The van der Waals surface area contributed by atoms with Crippen LogP contribution in [0.15, 0.2) is 44.6 Å². The van der Waals surface area contributed by atoms with E-state index in [1.807, 2.05) is 24.5 Å². The molecule has 0 aliphatic heterocycles. The van der Waals surface area contributed by atoms with Crippen LogP contribution in [0.4, 0.5) is 5.82 Å². The summed E-state index contributed by atoms with van der Waals surface area (Å²) < 4.78 is 1.08. The van der Waals surface area contributed by atoms with Crippen LogP contribution in [0, 0.1) is 0 Å². The molecule has 98 valence electrons. The van der Waals surface area contributed by atoms with Gasteiger partial charge in [0.05, 0.1) is 11.8 Å². The number of hydrogen-bond donors (Lipinski definition) is 1. The number of halogens is 2. The fourth-order valence-corrected chi connectivity index (χ4v) is 2.94. The molecule has 0 saturated heterocycles. The Balaban J connectivity index is 2.26. The van der Waals surface area contributed by atoms with Crippen molar-refractivity contribution in [3.8, 4) is 0 Å². The Morgan fingerprint density at radius 1 is 1.32 bits per heavy atom. The summed E-state index contributed by atoms with van der Waals surface area (Å²) in [6, 6.07) is 7.41. The summed E-state index contributed by atoms with van der Waals surface area (Å²) in [6.07, 6.45) is 3.46. The average molecular weight is 403 g/mol. The quantitative estimate of drug-likeness (QED) is 0.789. The Morgan fingerprint density at radius 2 is 2.05 bits per heavy atom. The normalized spacial score (nSPS) is 10.3. The van der Waals surface area contributed by atoms with E-state index >= 15 is 0 Å². The Hall–Kier alpha value is -0.920. The molecule has 1 heterocycles. The lowest BCUT2D eigenvalue weighted by molar-refractivity contribution is 0.102. The van der Waals surface area contributed by atoms with Gasteiger partial charge in [-0.15, -0.1) is 11.8 Å². The van der Waals surface area contributed by atoms with Crippen LogP contribution in [0.2, 0.25) is 0 Å². The number of anilines is 1. The molecule has 1 aromatic heterocycles. The summed E-state index contributed by atoms with van der Waals surface area (Å²) in [5.74, 6) is 0.186. The van der Waals surface area contributed by atoms with E-state index in [0.717, 1.165) is 4.90 Å². The molecule has 4 nitrogen and oxygen atoms in total. The monoisotopic (exact) mass is 401 g/mol. The number of aromatic nitrogens is 2. The van der Waals surface area contributed by atoms with E-state index in [1.165, 1.54) is 18.0 Å². The maximum atomic E-state index is 12.2. The van der Waals surface area contributed by atoms with Crippen molar-refractivity contribution in [3.05, 3.63) is 45.2 Å². The van der Waals surface area contributed by atoms with E-state index in [-0.39, 0.29) is 5.91 Å². The van der Waals surface area contributed by atoms with Crippen molar-refractivity contribution in [2.24, 2.45) is 0 Å².